The van der Waals surface area contributed by atoms with Crippen LogP contribution in [-0.2, 0) is 11.3 Å². The molecule has 0 spiro atoms. The zero-order chi connectivity index (χ0) is 15.4. The molecule has 0 fully saturated rings. The molecule has 0 aliphatic carbocycles. The number of carbonyl (C=O) groups is 1. The van der Waals surface area contributed by atoms with Crippen LogP contribution >= 0.6 is 0 Å². The first kappa shape index (κ1) is 14.9. The number of aryl methyl sites for hydroxylation is 2. The number of hydrogen-bond acceptors (Lipinski definition) is 4. The van der Waals surface area contributed by atoms with Gasteiger partial charge in [-0.2, -0.15) is 0 Å². The van der Waals surface area contributed by atoms with Gasteiger partial charge in [-0.15, -0.1) is 0 Å². The average Bonchev–Trinajstić information content (AvgIpc) is 2.48. The van der Waals surface area contributed by atoms with Crippen molar-refractivity contribution in [2.75, 3.05) is 12.8 Å². The Morgan fingerprint density at radius 3 is 2.62 bits per heavy atom. The lowest BCUT2D eigenvalue weighted by Crippen LogP contribution is -2.07. The van der Waals surface area contributed by atoms with Crippen LogP contribution in [0.1, 0.15) is 27.0 Å². The topological polar surface area (TPSA) is 61.5 Å². The number of nitrogen functional groups attached to an aromatic ring is 1. The second-order valence-corrected chi connectivity index (χ2v) is 4.97. The minimum atomic E-state index is -0.460. The lowest BCUT2D eigenvalue weighted by molar-refractivity contribution is 0.0595. The first-order valence-corrected chi connectivity index (χ1v) is 6.68. The summed E-state index contributed by atoms with van der Waals surface area (Å²) in [4.78, 5) is 11.8. The van der Waals surface area contributed by atoms with Crippen LogP contribution in [0.15, 0.2) is 36.4 Å². The Morgan fingerprint density at radius 2 is 1.90 bits per heavy atom. The lowest BCUT2D eigenvalue weighted by Gasteiger charge is -2.13. The molecule has 0 saturated heterocycles. The van der Waals surface area contributed by atoms with Crippen molar-refractivity contribution < 1.29 is 14.3 Å². The van der Waals surface area contributed by atoms with Crippen molar-refractivity contribution in [2.24, 2.45) is 0 Å². The smallest absolute Gasteiger partial charge is 0.341 e. The van der Waals surface area contributed by atoms with E-state index in [4.69, 9.17) is 15.2 Å². The molecule has 0 atom stereocenters. The Labute approximate surface area is 124 Å². The normalized spacial score (nSPS) is 10.2. The predicted octanol–water partition coefficient (Wildman–Crippen LogP) is 3.25. The molecule has 2 N–H and O–H groups in total. The van der Waals surface area contributed by atoms with E-state index in [-0.39, 0.29) is 0 Å². The molecule has 0 amide bonds. The minimum Gasteiger partial charge on any atom is -0.488 e. The molecule has 2 aromatic rings. The van der Waals surface area contributed by atoms with Gasteiger partial charge >= 0.3 is 5.97 Å². The van der Waals surface area contributed by atoms with Crippen molar-refractivity contribution in [3.8, 4) is 5.75 Å². The first-order chi connectivity index (χ1) is 10.0. The predicted molar refractivity (Wildman–Crippen MR) is 82.4 cm³/mol. The number of nitrogens with two attached hydrogens (primary N) is 1. The van der Waals surface area contributed by atoms with Crippen LogP contribution in [0.3, 0.4) is 0 Å². The number of benzene rings is 2. The Kier molecular flexibility index (Phi) is 4.48. The van der Waals surface area contributed by atoms with E-state index in [1.807, 2.05) is 13.8 Å². The van der Waals surface area contributed by atoms with Gasteiger partial charge in [0.1, 0.15) is 17.9 Å². The highest BCUT2D eigenvalue weighted by molar-refractivity contribution is 5.93. The third-order valence-corrected chi connectivity index (χ3v) is 3.30. The van der Waals surface area contributed by atoms with E-state index in [1.54, 1.807) is 18.2 Å². The van der Waals surface area contributed by atoms with Crippen LogP contribution in [-0.4, -0.2) is 13.1 Å². The number of carbonyl (C=O) groups excluding carboxylic acids is 1. The maximum absolute atomic E-state index is 11.8. The highest BCUT2D eigenvalue weighted by Gasteiger charge is 2.14. The van der Waals surface area contributed by atoms with Crippen LogP contribution in [0.2, 0.25) is 0 Å². The third-order valence-electron chi connectivity index (χ3n) is 3.30. The number of anilines is 1. The lowest BCUT2D eigenvalue weighted by atomic mass is 10.1. The summed E-state index contributed by atoms with van der Waals surface area (Å²) in [6.07, 6.45) is 0. The van der Waals surface area contributed by atoms with Crippen molar-refractivity contribution in [1.29, 1.82) is 0 Å². The van der Waals surface area contributed by atoms with Crippen molar-refractivity contribution >= 4 is 11.7 Å². The Morgan fingerprint density at radius 1 is 1.14 bits per heavy atom. The number of rotatable bonds is 4. The van der Waals surface area contributed by atoms with Gasteiger partial charge in [-0.05, 0) is 43.2 Å². The minimum absolute atomic E-state index is 0.336. The van der Waals surface area contributed by atoms with Crippen molar-refractivity contribution in [3.05, 3.63) is 58.7 Å². The molecule has 0 aromatic heterocycles. The van der Waals surface area contributed by atoms with Crippen molar-refractivity contribution in [3.63, 3.8) is 0 Å². The van der Waals surface area contributed by atoms with Crippen molar-refractivity contribution in [1.82, 2.24) is 0 Å². The van der Waals surface area contributed by atoms with Gasteiger partial charge in [-0.3, -0.25) is 0 Å². The molecule has 0 saturated carbocycles. The maximum atomic E-state index is 11.8. The number of esters is 1. The summed E-state index contributed by atoms with van der Waals surface area (Å²) >= 11 is 0. The van der Waals surface area contributed by atoms with Gasteiger partial charge in [-0.25, -0.2) is 4.79 Å². The van der Waals surface area contributed by atoms with Crippen LogP contribution in [0.5, 0.6) is 5.75 Å². The largest absolute Gasteiger partial charge is 0.488 e. The molecule has 0 unspecified atom stereocenters. The fourth-order valence-electron chi connectivity index (χ4n) is 2.05. The molecular formula is C17H19NO3. The second-order valence-electron chi connectivity index (χ2n) is 4.97. The van der Waals surface area contributed by atoms with Gasteiger partial charge < -0.3 is 15.2 Å². The molecule has 2 rings (SSSR count). The van der Waals surface area contributed by atoms with Gasteiger partial charge in [0.05, 0.1) is 7.11 Å². The highest BCUT2D eigenvalue weighted by Crippen LogP contribution is 2.24. The van der Waals surface area contributed by atoms with Gasteiger partial charge in [0.25, 0.3) is 0 Å². The summed E-state index contributed by atoms with van der Waals surface area (Å²) in [5, 5.41) is 0. The zero-order valence-corrected chi connectivity index (χ0v) is 12.5. The van der Waals surface area contributed by atoms with Gasteiger partial charge in [0.2, 0.25) is 0 Å². The molecule has 110 valence electrons. The fourth-order valence-corrected chi connectivity index (χ4v) is 2.05. The average molecular weight is 285 g/mol. The van der Waals surface area contributed by atoms with Crippen LogP contribution in [0, 0.1) is 13.8 Å². The second kappa shape index (κ2) is 6.31. The van der Waals surface area contributed by atoms with Crippen LogP contribution < -0.4 is 10.5 Å². The molecule has 4 heteroatoms. The first-order valence-electron chi connectivity index (χ1n) is 6.68. The summed E-state index contributed by atoms with van der Waals surface area (Å²) in [6.45, 7) is 4.45. The standard InChI is InChI=1S/C17H19NO3/c1-11-4-5-12(2)13(8-11)10-21-16-7-6-14(18)9-15(16)17(19)20-3/h4-9H,10,18H2,1-3H3. The summed E-state index contributed by atoms with van der Waals surface area (Å²) in [5.41, 5.74) is 9.94. The van der Waals surface area contributed by atoms with Gasteiger partial charge in [0.15, 0.2) is 0 Å². The third kappa shape index (κ3) is 3.54. The molecule has 0 bridgehead atoms. The van der Waals surface area contributed by atoms with Gasteiger partial charge in [-0.1, -0.05) is 23.8 Å². The number of methoxy groups -OCH3 is 1. The summed E-state index contributed by atoms with van der Waals surface area (Å²) in [7, 11) is 1.33. The molecular weight excluding hydrogens is 266 g/mol. The van der Waals surface area contributed by atoms with E-state index < -0.39 is 5.97 Å². The monoisotopic (exact) mass is 285 g/mol. The van der Waals surface area contributed by atoms with E-state index in [0.717, 1.165) is 11.1 Å². The fraction of sp³-hybridized carbons (Fsp3) is 0.235. The Bertz CT molecular complexity index is 665. The van der Waals surface area contributed by atoms with E-state index in [1.165, 1.54) is 12.7 Å². The SMILES string of the molecule is COC(=O)c1cc(N)ccc1OCc1cc(C)ccc1C. The summed E-state index contributed by atoms with van der Waals surface area (Å²) < 4.78 is 10.5. The molecule has 21 heavy (non-hydrogen) atoms. The van der Waals surface area contributed by atoms with E-state index >= 15 is 0 Å². The van der Waals surface area contributed by atoms with E-state index in [0.29, 0.717) is 23.6 Å². The van der Waals surface area contributed by atoms with Gasteiger partial charge in [0, 0.05) is 5.69 Å². The van der Waals surface area contributed by atoms with Crippen LogP contribution in [0.25, 0.3) is 0 Å². The molecule has 4 nitrogen and oxygen atoms in total. The summed E-state index contributed by atoms with van der Waals surface area (Å²) in [6, 6.07) is 11.1. The molecule has 0 aliphatic heterocycles. The van der Waals surface area contributed by atoms with E-state index in [9.17, 15) is 4.79 Å². The number of ether oxygens (including phenoxy) is 2. The quantitative estimate of drug-likeness (QED) is 0.692. The van der Waals surface area contributed by atoms with E-state index in [2.05, 4.69) is 18.2 Å². The number of hydrogen-bond donors (Lipinski definition) is 1. The molecule has 0 radical (unpaired) electrons. The zero-order valence-electron chi connectivity index (χ0n) is 12.5. The Balaban J connectivity index is 2.24. The highest BCUT2D eigenvalue weighted by atomic mass is 16.5. The molecule has 0 heterocycles. The maximum Gasteiger partial charge on any atom is 0.341 e. The Hall–Kier alpha value is -2.49. The van der Waals surface area contributed by atoms with Crippen LogP contribution in [0.4, 0.5) is 5.69 Å². The van der Waals surface area contributed by atoms with Crippen molar-refractivity contribution in [2.45, 2.75) is 20.5 Å². The molecule has 0 aliphatic rings. The molecule has 2 aromatic carbocycles. The summed E-state index contributed by atoms with van der Waals surface area (Å²) in [5.74, 6) is 0.00946.